The molecule has 1 fully saturated rings. The van der Waals surface area contributed by atoms with Gasteiger partial charge in [-0.15, -0.1) is 0 Å². The lowest BCUT2D eigenvalue weighted by Crippen LogP contribution is -2.36. The average molecular weight is 371 g/mol. The van der Waals surface area contributed by atoms with E-state index in [1.165, 1.54) is 5.69 Å². The first-order valence-electron chi connectivity index (χ1n) is 9.47. The lowest BCUT2D eigenvalue weighted by molar-refractivity contribution is 0.122. The number of nitrogens with zero attached hydrogens (tertiary/aromatic N) is 4. The number of anilines is 3. The zero-order valence-electron chi connectivity index (χ0n) is 15.5. The Morgan fingerprint density at radius 2 is 1.64 bits per heavy atom. The first-order chi connectivity index (χ1) is 13.9. The summed E-state index contributed by atoms with van der Waals surface area (Å²) < 4.78 is 7.27. The monoisotopic (exact) mass is 371 g/mol. The number of hydrogen-bond acceptors (Lipinski definition) is 5. The molecule has 0 unspecified atom stereocenters. The van der Waals surface area contributed by atoms with E-state index in [1.807, 2.05) is 41.0 Å². The number of benzene rings is 2. The fourth-order valence-corrected chi connectivity index (χ4v) is 3.45. The van der Waals surface area contributed by atoms with Gasteiger partial charge < -0.3 is 15.0 Å². The Morgan fingerprint density at radius 1 is 0.857 bits per heavy atom. The fourth-order valence-electron chi connectivity index (χ4n) is 3.45. The molecular formula is C22H21N5O. The van der Waals surface area contributed by atoms with Crippen LogP contribution in [-0.2, 0) is 4.74 Å². The van der Waals surface area contributed by atoms with Gasteiger partial charge in [-0.1, -0.05) is 30.3 Å². The van der Waals surface area contributed by atoms with Crippen molar-refractivity contribution in [3.8, 4) is 11.3 Å². The Bertz CT molecular complexity index is 1070. The molecule has 0 atom stereocenters. The van der Waals surface area contributed by atoms with Crippen LogP contribution < -0.4 is 10.2 Å². The third-order valence-electron chi connectivity index (χ3n) is 4.95. The van der Waals surface area contributed by atoms with Crippen molar-refractivity contribution in [2.75, 3.05) is 36.5 Å². The largest absolute Gasteiger partial charge is 0.378 e. The van der Waals surface area contributed by atoms with Crippen LogP contribution in [0.1, 0.15) is 0 Å². The van der Waals surface area contributed by atoms with E-state index in [0.717, 1.165) is 54.7 Å². The lowest BCUT2D eigenvalue weighted by Gasteiger charge is -2.28. The van der Waals surface area contributed by atoms with Gasteiger partial charge in [-0.2, -0.15) is 9.61 Å². The summed E-state index contributed by atoms with van der Waals surface area (Å²) in [5, 5.41) is 8.19. The number of rotatable bonds is 4. The SMILES string of the molecule is c1ccc(-c2ccc3ncc(Nc4ccc(N5CCOCC5)cc4)n3n2)cc1. The summed E-state index contributed by atoms with van der Waals surface area (Å²) in [5.41, 5.74) is 5.03. The van der Waals surface area contributed by atoms with Crippen molar-refractivity contribution < 1.29 is 4.74 Å². The minimum atomic E-state index is 0.789. The Morgan fingerprint density at radius 3 is 2.43 bits per heavy atom. The molecule has 5 rings (SSSR count). The quantitative estimate of drug-likeness (QED) is 0.588. The average Bonchev–Trinajstić information content (AvgIpc) is 3.17. The second-order valence-corrected chi connectivity index (χ2v) is 6.77. The van der Waals surface area contributed by atoms with E-state index in [2.05, 4.69) is 51.6 Å². The molecule has 28 heavy (non-hydrogen) atoms. The van der Waals surface area contributed by atoms with Crippen molar-refractivity contribution in [3.63, 3.8) is 0 Å². The molecule has 0 bridgehead atoms. The molecule has 1 aliphatic rings. The van der Waals surface area contributed by atoms with Gasteiger partial charge in [0, 0.05) is 30.0 Å². The van der Waals surface area contributed by atoms with E-state index in [1.54, 1.807) is 0 Å². The predicted molar refractivity (Wildman–Crippen MR) is 111 cm³/mol. The Kier molecular flexibility index (Phi) is 4.39. The van der Waals surface area contributed by atoms with E-state index in [-0.39, 0.29) is 0 Å². The summed E-state index contributed by atoms with van der Waals surface area (Å²) in [6.45, 7) is 3.45. The van der Waals surface area contributed by atoms with Crippen molar-refractivity contribution in [2.45, 2.75) is 0 Å². The Labute approximate surface area is 163 Å². The molecule has 0 saturated carbocycles. The van der Waals surface area contributed by atoms with Crippen LogP contribution in [-0.4, -0.2) is 40.9 Å². The van der Waals surface area contributed by atoms with E-state index in [9.17, 15) is 0 Å². The van der Waals surface area contributed by atoms with Gasteiger partial charge in [0.1, 0.15) is 0 Å². The molecule has 4 aromatic rings. The molecule has 0 aliphatic carbocycles. The molecule has 1 aliphatic heterocycles. The van der Waals surface area contributed by atoms with Crippen LogP contribution >= 0.6 is 0 Å². The summed E-state index contributed by atoms with van der Waals surface area (Å²) in [4.78, 5) is 6.80. The number of imidazole rings is 1. The molecule has 0 amide bonds. The number of fused-ring (bicyclic) bond motifs is 1. The number of ether oxygens (including phenoxy) is 1. The highest BCUT2D eigenvalue weighted by Crippen LogP contribution is 2.23. The summed E-state index contributed by atoms with van der Waals surface area (Å²) in [6, 6.07) is 22.6. The maximum atomic E-state index is 5.43. The van der Waals surface area contributed by atoms with Gasteiger partial charge in [0.05, 0.1) is 25.1 Å². The lowest BCUT2D eigenvalue weighted by atomic mass is 10.1. The van der Waals surface area contributed by atoms with Gasteiger partial charge in [0.2, 0.25) is 0 Å². The van der Waals surface area contributed by atoms with Crippen LogP contribution in [0.25, 0.3) is 16.9 Å². The first kappa shape index (κ1) is 16.8. The van der Waals surface area contributed by atoms with Crippen molar-refractivity contribution >= 4 is 22.8 Å². The van der Waals surface area contributed by atoms with Crippen LogP contribution in [0.2, 0.25) is 0 Å². The first-order valence-corrected chi connectivity index (χ1v) is 9.47. The topological polar surface area (TPSA) is 54.7 Å². The van der Waals surface area contributed by atoms with Gasteiger partial charge in [0.15, 0.2) is 11.5 Å². The number of nitrogens with one attached hydrogen (secondary N) is 1. The molecule has 1 N–H and O–H groups in total. The standard InChI is InChI=1S/C22H21N5O/c1-2-4-17(5-3-1)20-10-11-21-23-16-22(27(21)25-20)24-18-6-8-19(9-7-18)26-12-14-28-15-13-26/h1-11,16,24H,12-15H2. The summed E-state index contributed by atoms with van der Waals surface area (Å²) in [7, 11) is 0. The smallest absolute Gasteiger partial charge is 0.155 e. The third-order valence-corrected chi connectivity index (χ3v) is 4.95. The molecule has 3 heterocycles. The maximum Gasteiger partial charge on any atom is 0.155 e. The Hall–Kier alpha value is -3.38. The molecule has 2 aromatic heterocycles. The minimum Gasteiger partial charge on any atom is -0.378 e. The van der Waals surface area contributed by atoms with E-state index < -0.39 is 0 Å². The maximum absolute atomic E-state index is 5.43. The Balaban J connectivity index is 1.40. The minimum absolute atomic E-state index is 0.789. The van der Waals surface area contributed by atoms with Crippen molar-refractivity contribution in [3.05, 3.63) is 72.9 Å². The molecule has 2 aromatic carbocycles. The molecule has 6 nitrogen and oxygen atoms in total. The summed E-state index contributed by atoms with van der Waals surface area (Å²) in [5.74, 6) is 0.840. The second-order valence-electron chi connectivity index (χ2n) is 6.77. The van der Waals surface area contributed by atoms with Crippen molar-refractivity contribution in [1.29, 1.82) is 0 Å². The van der Waals surface area contributed by atoms with Crippen LogP contribution in [0.4, 0.5) is 17.2 Å². The van der Waals surface area contributed by atoms with Crippen LogP contribution in [0.5, 0.6) is 0 Å². The highest BCUT2D eigenvalue weighted by molar-refractivity contribution is 5.65. The molecular weight excluding hydrogens is 350 g/mol. The second kappa shape index (κ2) is 7.32. The van der Waals surface area contributed by atoms with Crippen molar-refractivity contribution in [1.82, 2.24) is 14.6 Å². The number of morpholine rings is 1. The van der Waals surface area contributed by atoms with Gasteiger partial charge in [-0.25, -0.2) is 4.98 Å². The number of hydrogen-bond donors (Lipinski definition) is 1. The highest BCUT2D eigenvalue weighted by atomic mass is 16.5. The van der Waals surface area contributed by atoms with E-state index in [4.69, 9.17) is 9.84 Å². The molecule has 0 spiro atoms. The van der Waals surface area contributed by atoms with Gasteiger partial charge in [-0.3, -0.25) is 0 Å². The normalized spacial score (nSPS) is 14.4. The molecule has 6 heteroatoms. The van der Waals surface area contributed by atoms with Gasteiger partial charge >= 0.3 is 0 Å². The van der Waals surface area contributed by atoms with Gasteiger partial charge in [-0.05, 0) is 36.4 Å². The van der Waals surface area contributed by atoms with Crippen LogP contribution in [0, 0.1) is 0 Å². The molecule has 140 valence electrons. The van der Waals surface area contributed by atoms with E-state index in [0.29, 0.717) is 0 Å². The zero-order chi connectivity index (χ0) is 18.8. The van der Waals surface area contributed by atoms with E-state index >= 15 is 0 Å². The number of aromatic nitrogens is 3. The zero-order valence-corrected chi connectivity index (χ0v) is 15.5. The molecule has 0 radical (unpaired) electrons. The van der Waals surface area contributed by atoms with Crippen molar-refractivity contribution in [2.24, 2.45) is 0 Å². The van der Waals surface area contributed by atoms with Gasteiger partial charge in [0.25, 0.3) is 0 Å². The third kappa shape index (κ3) is 3.30. The van der Waals surface area contributed by atoms with Crippen LogP contribution in [0.15, 0.2) is 72.9 Å². The highest BCUT2D eigenvalue weighted by Gasteiger charge is 2.11. The predicted octanol–water partition coefficient (Wildman–Crippen LogP) is 3.98. The summed E-state index contributed by atoms with van der Waals surface area (Å²) in [6.07, 6.45) is 1.81. The molecule has 1 saturated heterocycles. The summed E-state index contributed by atoms with van der Waals surface area (Å²) >= 11 is 0. The van der Waals surface area contributed by atoms with Crippen LogP contribution in [0.3, 0.4) is 0 Å². The fraction of sp³-hybridized carbons (Fsp3) is 0.182.